The van der Waals surface area contributed by atoms with Crippen molar-refractivity contribution < 1.29 is 38.7 Å². The fraction of sp³-hybridized carbons (Fsp3) is 0.375. The molecule has 0 spiro atoms. The predicted octanol–water partition coefficient (Wildman–Crippen LogP) is 4.70. The Morgan fingerprint density at radius 1 is 0.656 bits per heavy atom. The van der Waals surface area contributed by atoms with Gasteiger partial charge in [-0.1, -0.05) is 0 Å². The van der Waals surface area contributed by atoms with Crippen LogP contribution in [-0.4, -0.2) is 36.0 Å². The van der Waals surface area contributed by atoms with E-state index in [9.17, 15) is 14.4 Å². The lowest BCUT2D eigenvalue weighted by atomic mass is 9.96. The minimum Gasteiger partial charge on any atom is -0.497 e. The van der Waals surface area contributed by atoms with Gasteiger partial charge in [-0.25, -0.2) is 9.59 Å². The third kappa shape index (κ3) is 7.18. The molecule has 8 heteroatoms. The molecule has 0 bridgehead atoms. The van der Waals surface area contributed by atoms with Crippen LogP contribution in [-0.2, 0) is 19.6 Å². The Morgan fingerprint density at radius 3 is 1.66 bits per heavy atom. The molecule has 0 aliphatic rings. The summed E-state index contributed by atoms with van der Waals surface area (Å²) in [6.45, 7) is 10.2. The van der Waals surface area contributed by atoms with Gasteiger partial charge in [-0.05, 0) is 84.0 Å². The van der Waals surface area contributed by atoms with Crippen LogP contribution in [0.3, 0.4) is 0 Å². The van der Waals surface area contributed by atoms with Crippen molar-refractivity contribution in [2.24, 2.45) is 0 Å². The van der Waals surface area contributed by atoms with Crippen LogP contribution in [0.1, 0.15) is 78.2 Å². The number of hydrogen-bond donors (Lipinski definition) is 0. The van der Waals surface area contributed by atoms with Crippen LogP contribution in [0.15, 0.2) is 42.5 Å². The number of hydrogen-bond acceptors (Lipinski definition) is 8. The monoisotopic (exact) mass is 444 g/mol. The van der Waals surface area contributed by atoms with E-state index in [1.54, 1.807) is 65.8 Å². The number of ether oxygens (including phenoxy) is 1. The number of methoxy groups -OCH3 is 1. The number of ketones is 1. The quantitative estimate of drug-likeness (QED) is 0.344. The van der Waals surface area contributed by atoms with Gasteiger partial charge in [0, 0.05) is 11.1 Å². The highest BCUT2D eigenvalue weighted by Crippen LogP contribution is 2.22. The van der Waals surface area contributed by atoms with Crippen molar-refractivity contribution >= 4 is 17.7 Å². The average Bonchev–Trinajstić information content (AvgIpc) is 2.74. The summed E-state index contributed by atoms with van der Waals surface area (Å²) in [5.41, 5.74) is -1.28. The van der Waals surface area contributed by atoms with Gasteiger partial charge in [-0.15, -0.1) is 0 Å². The highest BCUT2D eigenvalue weighted by molar-refractivity contribution is 6.15. The first-order chi connectivity index (χ1) is 14.8. The number of carbonyl (C=O) groups excluding carboxylic acids is 3. The fourth-order valence-corrected chi connectivity index (χ4v) is 2.35. The van der Waals surface area contributed by atoms with Crippen molar-refractivity contribution in [3.05, 3.63) is 64.7 Å². The van der Waals surface area contributed by atoms with Crippen LogP contribution >= 0.6 is 0 Å². The van der Waals surface area contributed by atoms with Crippen molar-refractivity contribution in [3.63, 3.8) is 0 Å². The predicted molar refractivity (Wildman–Crippen MR) is 115 cm³/mol. The summed E-state index contributed by atoms with van der Waals surface area (Å²) in [4.78, 5) is 58.1. The molecule has 0 heterocycles. The van der Waals surface area contributed by atoms with Crippen molar-refractivity contribution in [1.29, 1.82) is 0 Å². The Kier molecular flexibility index (Phi) is 7.77. The van der Waals surface area contributed by atoms with E-state index in [0.717, 1.165) is 0 Å². The van der Waals surface area contributed by atoms with Crippen molar-refractivity contribution in [2.75, 3.05) is 7.11 Å². The molecule has 0 atom stereocenters. The Hall–Kier alpha value is -3.23. The Bertz CT molecular complexity index is 979. The molecule has 0 N–H and O–H groups in total. The molecule has 2 aromatic rings. The summed E-state index contributed by atoms with van der Waals surface area (Å²) in [6, 6.07) is 10.3. The molecular formula is C24H28O8. The molecule has 0 aromatic heterocycles. The second kappa shape index (κ2) is 9.93. The van der Waals surface area contributed by atoms with Gasteiger partial charge in [0.05, 0.1) is 18.2 Å². The van der Waals surface area contributed by atoms with E-state index in [4.69, 9.17) is 24.3 Å². The SMILES string of the molecule is COc1ccc(C(=O)c2ccc(C(=O)OOC(C)(C)C)cc2C(=O)OOC(C)(C)C)cc1. The minimum atomic E-state index is -0.928. The average molecular weight is 444 g/mol. The summed E-state index contributed by atoms with van der Waals surface area (Å²) >= 11 is 0. The smallest absolute Gasteiger partial charge is 0.373 e. The van der Waals surface area contributed by atoms with Gasteiger partial charge >= 0.3 is 11.9 Å². The first-order valence-corrected chi connectivity index (χ1v) is 9.93. The van der Waals surface area contributed by atoms with Crippen LogP contribution in [0.25, 0.3) is 0 Å². The van der Waals surface area contributed by atoms with Gasteiger partial charge in [0.25, 0.3) is 0 Å². The van der Waals surface area contributed by atoms with Gasteiger partial charge in [0.15, 0.2) is 5.78 Å². The third-order valence-corrected chi connectivity index (χ3v) is 3.81. The van der Waals surface area contributed by atoms with E-state index in [1.807, 2.05) is 0 Å². The van der Waals surface area contributed by atoms with Crippen molar-refractivity contribution in [3.8, 4) is 5.75 Å². The lowest BCUT2D eigenvalue weighted by molar-refractivity contribution is -0.301. The highest BCUT2D eigenvalue weighted by Gasteiger charge is 2.25. The molecule has 0 saturated carbocycles. The minimum absolute atomic E-state index is 0.00300. The highest BCUT2D eigenvalue weighted by atomic mass is 17.2. The van der Waals surface area contributed by atoms with Crippen molar-refractivity contribution in [1.82, 2.24) is 0 Å². The first-order valence-electron chi connectivity index (χ1n) is 9.93. The van der Waals surface area contributed by atoms with Crippen LogP contribution in [0.4, 0.5) is 0 Å². The van der Waals surface area contributed by atoms with Gasteiger partial charge in [0.1, 0.15) is 17.0 Å². The molecule has 8 nitrogen and oxygen atoms in total. The topological polar surface area (TPSA) is 97.4 Å². The molecule has 2 aromatic carbocycles. The molecule has 0 amide bonds. The van der Waals surface area contributed by atoms with E-state index >= 15 is 0 Å². The molecule has 172 valence electrons. The van der Waals surface area contributed by atoms with Gasteiger partial charge in [-0.3, -0.25) is 14.6 Å². The first kappa shape index (κ1) is 25.0. The lowest BCUT2D eigenvalue weighted by Crippen LogP contribution is -2.24. The number of benzene rings is 2. The zero-order valence-electron chi connectivity index (χ0n) is 19.3. The molecule has 0 fully saturated rings. The maximum absolute atomic E-state index is 13.1. The van der Waals surface area contributed by atoms with E-state index < -0.39 is 28.9 Å². The van der Waals surface area contributed by atoms with E-state index in [1.165, 1.54) is 25.3 Å². The number of rotatable bonds is 7. The molecule has 0 unspecified atom stereocenters. The Morgan fingerprint density at radius 2 is 1.16 bits per heavy atom. The summed E-state index contributed by atoms with van der Waals surface area (Å²) in [6.07, 6.45) is 0. The fourth-order valence-electron chi connectivity index (χ4n) is 2.35. The maximum atomic E-state index is 13.1. The van der Waals surface area contributed by atoms with Crippen LogP contribution in [0, 0.1) is 0 Å². The molecule has 0 radical (unpaired) electrons. The van der Waals surface area contributed by atoms with Crippen molar-refractivity contribution in [2.45, 2.75) is 52.7 Å². The molecule has 0 aliphatic heterocycles. The van der Waals surface area contributed by atoms with Crippen LogP contribution < -0.4 is 4.74 Å². The molecular weight excluding hydrogens is 416 g/mol. The van der Waals surface area contributed by atoms with Gasteiger partial charge < -0.3 is 4.74 Å². The Balaban J connectivity index is 2.41. The maximum Gasteiger partial charge on any atom is 0.373 e. The van der Waals surface area contributed by atoms with Crippen LogP contribution in [0.5, 0.6) is 5.75 Å². The molecule has 0 saturated heterocycles. The van der Waals surface area contributed by atoms with Gasteiger partial charge in [0.2, 0.25) is 0 Å². The van der Waals surface area contributed by atoms with E-state index in [0.29, 0.717) is 11.3 Å². The Labute approximate surface area is 187 Å². The normalized spacial score (nSPS) is 11.6. The van der Waals surface area contributed by atoms with Crippen LogP contribution in [0.2, 0.25) is 0 Å². The van der Waals surface area contributed by atoms with E-state index in [-0.39, 0.29) is 16.7 Å². The second-order valence-corrected chi connectivity index (χ2v) is 8.95. The zero-order chi connectivity index (χ0) is 24.1. The molecule has 0 aliphatic carbocycles. The largest absolute Gasteiger partial charge is 0.497 e. The zero-order valence-corrected chi connectivity index (χ0v) is 19.3. The van der Waals surface area contributed by atoms with Gasteiger partial charge in [-0.2, -0.15) is 9.78 Å². The third-order valence-electron chi connectivity index (χ3n) is 3.81. The summed E-state index contributed by atoms with van der Waals surface area (Å²) in [7, 11) is 1.52. The second-order valence-electron chi connectivity index (χ2n) is 8.95. The summed E-state index contributed by atoms with van der Waals surface area (Å²) in [5, 5.41) is 0. The summed E-state index contributed by atoms with van der Waals surface area (Å²) in [5.74, 6) is -1.62. The molecule has 32 heavy (non-hydrogen) atoms. The lowest BCUT2D eigenvalue weighted by Gasteiger charge is -2.18. The number of carbonyl (C=O) groups is 3. The molecule has 2 rings (SSSR count). The standard InChI is InChI=1S/C24H28O8/c1-23(2,3)31-29-21(26)16-10-13-18(19(14-16)22(27)30-32-24(4,5)6)20(25)15-8-11-17(28-7)12-9-15/h8-14H,1-7H3. The van der Waals surface area contributed by atoms with E-state index in [2.05, 4.69) is 0 Å². The summed E-state index contributed by atoms with van der Waals surface area (Å²) < 4.78 is 5.10.